The molecule has 0 saturated heterocycles. The molecule has 1 amide bonds. The summed E-state index contributed by atoms with van der Waals surface area (Å²) >= 11 is 0. The summed E-state index contributed by atoms with van der Waals surface area (Å²) in [6.07, 6.45) is -4.17. The van der Waals surface area contributed by atoms with Crippen LogP contribution in [0.2, 0.25) is 0 Å². The van der Waals surface area contributed by atoms with E-state index in [0.29, 0.717) is 5.56 Å². The number of alkyl halides is 3. The Hall–Kier alpha value is -2.46. The van der Waals surface area contributed by atoms with Crippen molar-refractivity contribution in [1.82, 2.24) is 10.0 Å². The third-order valence-electron chi connectivity index (χ3n) is 4.35. The Morgan fingerprint density at radius 3 is 2.17 bits per heavy atom. The second-order valence-electron chi connectivity index (χ2n) is 7.01. The van der Waals surface area contributed by atoms with Crippen molar-refractivity contribution >= 4 is 15.9 Å². The Balaban J connectivity index is 2.00. The van der Waals surface area contributed by atoms with E-state index in [9.17, 15) is 30.8 Å². The molecule has 0 unspecified atom stereocenters. The number of hydrogen-bond donors (Lipinski definition) is 2. The van der Waals surface area contributed by atoms with Crippen LogP contribution in [0.5, 0.6) is 0 Å². The molecule has 0 saturated carbocycles. The zero-order valence-corrected chi connectivity index (χ0v) is 17.1. The van der Waals surface area contributed by atoms with E-state index >= 15 is 0 Å². The van der Waals surface area contributed by atoms with Crippen LogP contribution >= 0.6 is 0 Å². The van der Waals surface area contributed by atoms with Crippen molar-refractivity contribution in [3.05, 3.63) is 65.5 Å². The van der Waals surface area contributed by atoms with Crippen molar-refractivity contribution in [1.29, 1.82) is 0 Å². The maximum absolute atomic E-state index is 13.8. The molecule has 0 fully saturated rings. The first kappa shape index (κ1) is 23.8. The van der Waals surface area contributed by atoms with Crippen LogP contribution in [-0.4, -0.2) is 26.9 Å². The fraction of sp³-hybridized carbons (Fsp3) is 0.350. The van der Waals surface area contributed by atoms with Gasteiger partial charge < -0.3 is 5.32 Å². The molecule has 5 nitrogen and oxygen atoms in total. The maximum Gasteiger partial charge on any atom is 0.416 e. The molecule has 2 N–H and O–H groups in total. The van der Waals surface area contributed by atoms with Gasteiger partial charge >= 0.3 is 6.18 Å². The number of carbonyl (C=O) groups excluding carboxylic acids is 1. The summed E-state index contributed by atoms with van der Waals surface area (Å²) in [5, 5.41) is 2.56. The molecule has 0 spiro atoms. The van der Waals surface area contributed by atoms with Gasteiger partial charge in [-0.05, 0) is 42.2 Å². The lowest BCUT2D eigenvalue weighted by atomic mass is 10.0. The van der Waals surface area contributed by atoms with Crippen molar-refractivity contribution in [2.45, 2.75) is 37.4 Å². The lowest BCUT2D eigenvalue weighted by Crippen LogP contribution is -2.50. The van der Waals surface area contributed by atoms with Crippen molar-refractivity contribution in [2.75, 3.05) is 6.54 Å². The minimum atomic E-state index is -4.42. The predicted octanol–water partition coefficient (Wildman–Crippen LogP) is 3.51. The molecule has 0 aliphatic carbocycles. The minimum Gasteiger partial charge on any atom is -0.354 e. The zero-order chi connectivity index (χ0) is 22.5. The number of nitrogens with one attached hydrogen (secondary N) is 2. The second kappa shape index (κ2) is 9.57. The summed E-state index contributed by atoms with van der Waals surface area (Å²) in [7, 11) is -4.27. The summed E-state index contributed by atoms with van der Waals surface area (Å²) < 4.78 is 78.7. The maximum atomic E-state index is 13.8. The molecule has 0 radical (unpaired) electrons. The molecule has 0 aliphatic heterocycles. The highest BCUT2D eigenvalue weighted by molar-refractivity contribution is 7.89. The lowest BCUT2D eigenvalue weighted by molar-refractivity contribution is -0.137. The summed E-state index contributed by atoms with van der Waals surface area (Å²) in [6.45, 7) is 3.35. The third kappa shape index (κ3) is 6.27. The molecule has 2 aromatic rings. The van der Waals surface area contributed by atoms with Crippen LogP contribution in [-0.2, 0) is 27.4 Å². The van der Waals surface area contributed by atoms with E-state index in [1.54, 1.807) is 13.8 Å². The highest BCUT2D eigenvalue weighted by Crippen LogP contribution is 2.29. The van der Waals surface area contributed by atoms with E-state index in [4.69, 9.17) is 0 Å². The van der Waals surface area contributed by atoms with Gasteiger partial charge in [-0.3, -0.25) is 4.79 Å². The molecular weight excluding hydrogens is 424 g/mol. The van der Waals surface area contributed by atoms with E-state index in [1.165, 1.54) is 24.3 Å². The van der Waals surface area contributed by atoms with Gasteiger partial charge in [-0.25, -0.2) is 12.8 Å². The van der Waals surface area contributed by atoms with E-state index < -0.39 is 50.3 Å². The topological polar surface area (TPSA) is 75.3 Å². The van der Waals surface area contributed by atoms with Gasteiger partial charge in [-0.1, -0.05) is 38.1 Å². The quantitative estimate of drug-likeness (QED) is 0.610. The Bertz CT molecular complexity index is 974. The molecule has 0 bridgehead atoms. The molecule has 1 atom stereocenters. The monoisotopic (exact) mass is 446 g/mol. The molecule has 2 rings (SSSR count). The summed E-state index contributed by atoms with van der Waals surface area (Å²) in [5.41, 5.74) is -0.186. The lowest BCUT2D eigenvalue weighted by Gasteiger charge is -2.22. The normalized spacial score (nSPS) is 13.3. The van der Waals surface area contributed by atoms with Crippen LogP contribution in [0.3, 0.4) is 0 Å². The first-order valence-corrected chi connectivity index (χ1v) is 10.6. The molecular formula is C20H22F4N2O3S. The average Bonchev–Trinajstić information content (AvgIpc) is 2.65. The molecule has 2 aromatic carbocycles. The second-order valence-corrected chi connectivity index (χ2v) is 8.69. The van der Waals surface area contributed by atoms with Crippen LogP contribution < -0.4 is 10.0 Å². The van der Waals surface area contributed by atoms with E-state index in [2.05, 4.69) is 10.0 Å². The Kier molecular flexibility index (Phi) is 7.59. The van der Waals surface area contributed by atoms with Gasteiger partial charge in [0.05, 0.1) is 5.56 Å². The van der Waals surface area contributed by atoms with Crippen LogP contribution in [0.15, 0.2) is 53.4 Å². The molecule has 0 aliphatic rings. The fourth-order valence-electron chi connectivity index (χ4n) is 2.69. The largest absolute Gasteiger partial charge is 0.416 e. The highest BCUT2D eigenvalue weighted by Gasteiger charge is 2.30. The Morgan fingerprint density at radius 2 is 1.63 bits per heavy atom. The van der Waals surface area contributed by atoms with Crippen molar-refractivity contribution in [3.63, 3.8) is 0 Å². The number of hydrogen-bond acceptors (Lipinski definition) is 3. The molecule has 30 heavy (non-hydrogen) atoms. The number of halogens is 4. The zero-order valence-electron chi connectivity index (χ0n) is 16.3. The molecule has 164 valence electrons. The predicted molar refractivity (Wildman–Crippen MR) is 104 cm³/mol. The van der Waals surface area contributed by atoms with Crippen molar-refractivity contribution in [3.8, 4) is 0 Å². The smallest absolute Gasteiger partial charge is 0.354 e. The van der Waals surface area contributed by atoms with Crippen LogP contribution in [0.25, 0.3) is 0 Å². The van der Waals surface area contributed by atoms with Gasteiger partial charge in [0, 0.05) is 6.54 Å². The summed E-state index contributed by atoms with van der Waals surface area (Å²) in [4.78, 5) is 11.9. The van der Waals surface area contributed by atoms with Gasteiger partial charge in [-0.2, -0.15) is 17.9 Å². The minimum absolute atomic E-state index is 0.0921. The number of amides is 1. The first-order chi connectivity index (χ1) is 13.9. The number of sulfonamides is 1. The van der Waals surface area contributed by atoms with Gasteiger partial charge in [0.15, 0.2) is 0 Å². The van der Waals surface area contributed by atoms with Crippen LogP contribution in [0.1, 0.15) is 25.0 Å². The van der Waals surface area contributed by atoms with E-state index in [0.717, 1.165) is 24.3 Å². The highest BCUT2D eigenvalue weighted by atomic mass is 32.2. The summed E-state index contributed by atoms with van der Waals surface area (Å²) in [6, 6.07) is 8.20. The third-order valence-corrected chi connectivity index (χ3v) is 5.83. The van der Waals surface area contributed by atoms with Gasteiger partial charge in [0.2, 0.25) is 15.9 Å². The van der Waals surface area contributed by atoms with Gasteiger partial charge in [0.1, 0.15) is 16.8 Å². The van der Waals surface area contributed by atoms with Crippen LogP contribution in [0, 0.1) is 11.7 Å². The SMILES string of the molecule is CC(C)[C@H](NS(=O)(=O)c1ccccc1F)C(=O)NCCc1ccc(C(F)(F)F)cc1. The molecule has 10 heteroatoms. The summed E-state index contributed by atoms with van der Waals surface area (Å²) in [5.74, 6) is -1.98. The van der Waals surface area contributed by atoms with Gasteiger partial charge in [0.25, 0.3) is 0 Å². The number of rotatable bonds is 8. The first-order valence-electron chi connectivity index (χ1n) is 9.12. The van der Waals surface area contributed by atoms with Crippen molar-refractivity contribution < 1.29 is 30.8 Å². The van der Waals surface area contributed by atoms with Crippen LogP contribution in [0.4, 0.5) is 17.6 Å². The molecule has 0 aromatic heterocycles. The standard InChI is InChI=1S/C20H22F4N2O3S/c1-13(2)18(26-30(28,29)17-6-4-3-5-16(17)21)19(27)25-12-11-14-7-9-15(10-8-14)20(22,23)24/h3-10,13,18,26H,11-12H2,1-2H3,(H,25,27)/t18-/m0/s1. The molecule has 0 heterocycles. The Labute approximate surface area is 172 Å². The Morgan fingerprint density at radius 1 is 1.03 bits per heavy atom. The van der Waals surface area contributed by atoms with Crippen molar-refractivity contribution in [2.24, 2.45) is 5.92 Å². The number of benzene rings is 2. The number of carbonyl (C=O) groups is 1. The average molecular weight is 446 g/mol. The van der Waals surface area contributed by atoms with E-state index in [1.807, 2.05) is 0 Å². The van der Waals surface area contributed by atoms with E-state index in [-0.39, 0.29) is 13.0 Å². The van der Waals surface area contributed by atoms with Gasteiger partial charge in [-0.15, -0.1) is 0 Å². The fourth-order valence-corrected chi connectivity index (χ4v) is 4.11.